The largest absolute Gasteiger partial charge is 0.497 e. The summed E-state index contributed by atoms with van der Waals surface area (Å²) in [6, 6.07) is 23.1. The molecule has 0 unspecified atom stereocenters. The number of benzene rings is 3. The number of rotatable bonds is 5. The molecule has 5 heteroatoms. The summed E-state index contributed by atoms with van der Waals surface area (Å²) in [5, 5.41) is 0. The third kappa shape index (κ3) is 8.10. The molecule has 0 amide bonds. The molecule has 144 valence electrons. The van der Waals surface area contributed by atoms with Gasteiger partial charge in [0, 0.05) is 11.1 Å². The highest BCUT2D eigenvalue weighted by Crippen LogP contribution is 2.13. The molecule has 28 heavy (non-hydrogen) atoms. The van der Waals surface area contributed by atoms with Crippen molar-refractivity contribution in [1.29, 1.82) is 0 Å². The SMILES string of the molecule is COc1ccc(C=O)cc1.COc1ccccc1C=O.O=Cc1ccccc1. The van der Waals surface area contributed by atoms with Crippen molar-refractivity contribution in [2.24, 2.45) is 0 Å². The minimum Gasteiger partial charge on any atom is -0.497 e. The van der Waals surface area contributed by atoms with E-state index < -0.39 is 0 Å². The maximum Gasteiger partial charge on any atom is 0.153 e. The average molecular weight is 378 g/mol. The first-order chi connectivity index (χ1) is 13.7. The zero-order valence-electron chi connectivity index (χ0n) is 15.8. The summed E-state index contributed by atoms with van der Waals surface area (Å²) in [6.45, 7) is 0. The van der Waals surface area contributed by atoms with Crippen LogP contribution in [0.4, 0.5) is 0 Å². The minimum absolute atomic E-state index is 0.588. The van der Waals surface area contributed by atoms with Crippen molar-refractivity contribution in [3.8, 4) is 11.5 Å². The molecule has 0 saturated heterocycles. The number of methoxy groups -OCH3 is 2. The van der Waals surface area contributed by atoms with E-state index in [1.165, 1.54) is 0 Å². The molecule has 5 nitrogen and oxygen atoms in total. The van der Waals surface area contributed by atoms with Crippen LogP contribution in [0.2, 0.25) is 0 Å². The van der Waals surface area contributed by atoms with Gasteiger partial charge in [-0.05, 0) is 36.4 Å². The predicted molar refractivity (Wildman–Crippen MR) is 109 cm³/mol. The van der Waals surface area contributed by atoms with Gasteiger partial charge in [0.05, 0.1) is 19.8 Å². The molecule has 0 aliphatic carbocycles. The zero-order chi connectivity index (χ0) is 20.6. The highest BCUT2D eigenvalue weighted by Gasteiger charge is 1.96. The molecule has 0 radical (unpaired) electrons. The van der Waals surface area contributed by atoms with E-state index in [1.807, 2.05) is 24.3 Å². The van der Waals surface area contributed by atoms with Crippen LogP contribution < -0.4 is 9.47 Å². The summed E-state index contributed by atoms with van der Waals surface area (Å²) in [5.74, 6) is 1.39. The molecule has 3 aromatic rings. The van der Waals surface area contributed by atoms with Crippen LogP contribution in [0.1, 0.15) is 31.1 Å². The van der Waals surface area contributed by atoms with Crippen LogP contribution in [0.3, 0.4) is 0 Å². The van der Waals surface area contributed by atoms with Crippen LogP contribution in [-0.4, -0.2) is 33.1 Å². The molecule has 0 aliphatic rings. The number of carbonyl (C=O) groups is 3. The van der Waals surface area contributed by atoms with Crippen LogP contribution in [-0.2, 0) is 0 Å². The first-order valence-electron chi connectivity index (χ1n) is 8.36. The normalized spacial score (nSPS) is 8.79. The lowest BCUT2D eigenvalue weighted by Gasteiger charge is -1.99. The number of ether oxygens (including phenoxy) is 2. The van der Waals surface area contributed by atoms with Crippen LogP contribution in [0.15, 0.2) is 78.9 Å². The van der Waals surface area contributed by atoms with E-state index in [-0.39, 0.29) is 0 Å². The van der Waals surface area contributed by atoms with E-state index in [0.29, 0.717) is 16.9 Å². The van der Waals surface area contributed by atoms with Gasteiger partial charge in [-0.1, -0.05) is 42.5 Å². The summed E-state index contributed by atoms with van der Waals surface area (Å²) < 4.78 is 9.80. The van der Waals surface area contributed by atoms with E-state index >= 15 is 0 Å². The highest BCUT2D eigenvalue weighted by atomic mass is 16.5. The number of aldehydes is 3. The molecular weight excluding hydrogens is 356 g/mol. The number of para-hydroxylation sites is 1. The third-order valence-electron chi connectivity index (χ3n) is 3.45. The fourth-order valence-corrected chi connectivity index (χ4v) is 1.98. The van der Waals surface area contributed by atoms with Crippen molar-refractivity contribution in [2.75, 3.05) is 14.2 Å². The summed E-state index contributed by atoms with van der Waals surface area (Å²) in [7, 11) is 3.14. The lowest BCUT2D eigenvalue weighted by atomic mass is 10.2. The van der Waals surface area contributed by atoms with Crippen molar-refractivity contribution in [3.05, 3.63) is 95.6 Å². The first-order valence-corrected chi connectivity index (χ1v) is 8.36. The summed E-state index contributed by atoms with van der Waals surface area (Å²) in [5.41, 5.74) is 1.98. The Morgan fingerprint density at radius 2 is 1.11 bits per heavy atom. The van der Waals surface area contributed by atoms with Gasteiger partial charge in [-0.2, -0.15) is 0 Å². The fourth-order valence-electron chi connectivity index (χ4n) is 1.98. The number of carbonyl (C=O) groups excluding carboxylic acids is 3. The van der Waals surface area contributed by atoms with Crippen molar-refractivity contribution < 1.29 is 23.9 Å². The molecule has 0 spiro atoms. The van der Waals surface area contributed by atoms with Gasteiger partial charge in [0.2, 0.25) is 0 Å². The second-order valence-electron chi connectivity index (χ2n) is 5.28. The first kappa shape index (κ1) is 22.3. The Morgan fingerprint density at radius 3 is 1.54 bits per heavy atom. The Labute approximate surface area is 164 Å². The topological polar surface area (TPSA) is 69.7 Å². The van der Waals surface area contributed by atoms with Crippen molar-refractivity contribution in [3.63, 3.8) is 0 Å². The second kappa shape index (κ2) is 13.5. The standard InChI is InChI=1S/2C8H8O2.C7H6O/c1-10-8-4-2-7(6-9)3-5-8;1-10-8-5-3-2-4-7(8)6-9;8-6-7-4-2-1-3-5-7/h2*2-6H,1H3;1-6H. The number of hydrogen-bond acceptors (Lipinski definition) is 5. The molecular formula is C23H22O5. The molecule has 0 aromatic heterocycles. The Morgan fingerprint density at radius 1 is 0.571 bits per heavy atom. The number of hydrogen-bond donors (Lipinski definition) is 0. The van der Waals surface area contributed by atoms with Crippen molar-refractivity contribution in [2.45, 2.75) is 0 Å². The fraction of sp³-hybridized carbons (Fsp3) is 0.0870. The lowest BCUT2D eigenvalue weighted by Crippen LogP contribution is -1.88. The Hall–Kier alpha value is -3.73. The summed E-state index contributed by atoms with van der Waals surface area (Å²) >= 11 is 0. The van der Waals surface area contributed by atoms with Gasteiger partial charge < -0.3 is 9.47 Å². The van der Waals surface area contributed by atoms with E-state index in [1.54, 1.807) is 68.8 Å². The molecule has 0 N–H and O–H groups in total. The maximum atomic E-state index is 10.3. The van der Waals surface area contributed by atoms with Crippen molar-refractivity contribution >= 4 is 18.9 Å². The van der Waals surface area contributed by atoms with Crippen LogP contribution in [0.25, 0.3) is 0 Å². The summed E-state index contributed by atoms with van der Waals surface area (Å²) in [4.78, 5) is 30.5. The van der Waals surface area contributed by atoms with Gasteiger partial charge in [0.15, 0.2) is 6.29 Å². The summed E-state index contributed by atoms with van der Waals surface area (Å²) in [6.07, 6.45) is 2.41. The Kier molecular flexibility index (Phi) is 10.7. The molecule has 0 atom stereocenters. The van der Waals surface area contributed by atoms with Gasteiger partial charge in [-0.25, -0.2) is 0 Å². The molecule has 0 fully saturated rings. The molecule has 0 aliphatic heterocycles. The molecule has 3 rings (SSSR count). The van der Waals surface area contributed by atoms with Crippen LogP contribution in [0.5, 0.6) is 11.5 Å². The smallest absolute Gasteiger partial charge is 0.153 e. The molecule has 0 bridgehead atoms. The van der Waals surface area contributed by atoms with E-state index in [9.17, 15) is 14.4 Å². The highest BCUT2D eigenvalue weighted by molar-refractivity contribution is 5.79. The van der Waals surface area contributed by atoms with Gasteiger partial charge in [0.1, 0.15) is 24.1 Å². The van der Waals surface area contributed by atoms with Crippen molar-refractivity contribution in [1.82, 2.24) is 0 Å². The van der Waals surface area contributed by atoms with E-state index in [4.69, 9.17) is 9.47 Å². The predicted octanol–water partition coefficient (Wildman–Crippen LogP) is 4.51. The monoisotopic (exact) mass is 378 g/mol. The maximum absolute atomic E-state index is 10.3. The van der Waals surface area contributed by atoms with Gasteiger partial charge in [-0.15, -0.1) is 0 Å². The Balaban J connectivity index is 0.000000212. The van der Waals surface area contributed by atoms with Crippen LogP contribution in [0, 0.1) is 0 Å². The minimum atomic E-state index is 0.588. The quantitative estimate of drug-likeness (QED) is 0.611. The van der Waals surface area contributed by atoms with Gasteiger partial charge >= 0.3 is 0 Å². The third-order valence-corrected chi connectivity index (χ3v) is 3.45. The van der Waals surface area contributed by atoms with Crippen LogP contribution >= 0.6 is 0 Å². The van der Waals surface area contributed by atoms with Gasteiger partial charge in [-0.3, -0.25) is 14.4 Å². The molecule has 3 aromatic carbocycles. The second-order valence-corrected chi connectivity index (χ2v) is 5.28. The van der Waals surface area contributed by atoms with E-state index in [0.717, 1.165) is 30.2 Å². The zero-order valence-corrected chi connectivity index (χ0v) is 15.8. The molecule has 0 heterocycles. The van der Waals surface area contributed by atoms with E-state index in [2.05, 4.69) is 0 Å². The van der Waals surface area contributed by atoms with Gasteiger partial charge in [0.25, 0.3) is 0 Å². The Bertz CT molecular complexity index is 842. The molecule has 0 saturated carbocycles. The lowest BCUT2D eigenvalue weighted by molar-refractivity contribution is 0.111. The average Bonchev–Trinajstić information content (AvgIpc) is 2.80.